The third-order valence-electron chi connectivity index (χ3n) is 15.7. The van der Waals surface area contributed by atoms with E-state index in [2.05, 4.69) is 97.5 Å². The highest BCUT2D eigenvalue weighted by molar-refractivity contribution is 5.48. The SMILES string of the molecule is COc1cc2c(cc1C)C(CCC(CCC(CCC1NCCc3cc(OC)c(C)cc31)CCC1NCCc3cc(OC)c(C)cc31)CCC1NCCc3cc(OC)c(C)cc31)NCC2. The van der Waals surface area contributed by atoms with Crippen LogP contribution in [0, 0.1) is 39.5 Å². The number of benzene rings is 4. The summed E-state index contributed by atoms with van der Waals surface area (Å²) in [6, 6.07) is 20.4. The molecule has 8 heteroatoms. The summed E-state index contributed by atoms with van der Waals surface area (Å²) in [5, 5.41) is 15.8. The predicted octanol–water partition coefficient (Wildman–Crippen LogP) is 10.9. The number of aryl methyl sites for hydroxylation is 4. The van der Waals surface area contributed by atoms with Gasteiger partial charge in [0.1, 0.15) is 23.0 Å². The van der Waals surface area contributed by atoms with Crippen molar-refractivity contribution < 1.29 is 18.9 Å². The van der Waals surface area contributed by atoms with E-state index < -0.39 is 0 Å². The average Bonchev–Trinajstić information content (AvgIpc) is 3.31. The lowest BCUT2D eigenvalue weighted by Crippen LogP contribution is -2.31. The Kier molecular flexibility index (Phi) is 15.6. The molecule has 346 valence electrons. The van der Waals surface area contributed by atoms with Crippen LogP contribution in [0.15, 0.2) is 48.5 Å². The van der Waals surface area contributed by atoms with Gasteiger partial charge in [0.15, 0.2) is 0 Å². The molecule has 64 heavy (non-hydrogen) atoms. The first-order chi connectivity index (χ1) is 31.2. The molecule has 0 radical (unpaired) electrons. The van der Waals surface area contributed by atoms with E-state index in [0.29, 0.717) is 36.0 Å². The van der Waals surface area contributed by atoms with Crippen LogP contribution >= 0.6 is 0 Å². The Labute approximate surface area is 385 Å². The third kappa shape index (κ3) is 10.6. The molecular formula is C56H78N4O4. The minimum atomic E-state index is 0.384. The number of hydrogen-bond donors (Lipinski definition) is 4. The largest absolute Gasteiger partial charge is 0.496 e. The first-order valence-electron chi connectivity index (χ1n) is 24.8. The van der Waals surface area contributed by atoms with Crippen molar-refractivity contribution in [3.05, 3.63) is 115 Å². The topological polar surface area (TPSA) is 85.0 Å². The second kappa shape index (κ2) is 21.5. The highest BCUT2D eigenvalue weighted by atomic mass is 16.5. The Morgan fingerprint density at radius 1 is 0.375 bits per heavy atom. The van der Waals surface area contributed by atoms with Crippen molar-refractivity contribution in [2.75, 3.05) is 54.6 Å². The lowest BCUT2D eigenvalue weighted by Gasteiger charge is -2.33. The van der Waals surface area contributed by atoms with E-state index in [9.17, 15) is 0 Å². The fraction of sp³-hybridized carbons (Fsp3) is 0.571. The zero-order chi connectivity index (χ0) is 44.7. The van der Waals surface area contributed by atoms with Gasteiger partial charge in [-0.1, -0.05) is 37.1 Å². The molecule has 0 amide bonds. The van der Waals surface area contributed by atoms with Crippen LogP contribution in [-0.2, 0) is 25.7 Å². The second-order valence-corrected chi connectivity index (χ2v) is 19.7. The lowest BCUT2D eigenvalue weighted by atomic mass is 9.80. The maximum Gasteiger partial charge on any atom is 0.122 e. The molecule has 0 saturated heterocycles. The van der Waals surface area contributed by atoms with E-state index in [1.54, 1.807) is 28.4 Å². The highest BCUT2D eigenvalue weighted by Gasteiger charge is 2.29. The highest BCUT2D eigenvalue weighted by Crippen LogP contribution is 2.40. The van der Waals surface area contributed by atoms with Gasteiger partial charge in [-0.2, -0.15) is 0 Å². The molecule has 4 aromatic rings. The molecule has 0 aromatic heterocycles. The Morgan fingerprint density at radius 2 is 0.609 bits per heavy atom. The lowest BCUT2D eigenvalue weighted by molar-refractivity contribution is 0.279. The van der Waals surface area contributed by atoms with Crippen LogP contribution in [0.3, 0.4) is 0 Å². The predicted molar refractivity (Wildman–Crippen MR) is 262 cm³/mol. The van der Waals surface area contributed by atoms with Crippen molar-refractivity contribution in [3.8, 4) is 23.0 Å². The molecule has 4 aliphatic rings. The van der Waals surface area contributed by atoms with Crippen LogP contribution in [0.4, 0.5) is 0 Å². The number of nitrogens with one attached hydrogen (secondary N) is 4. The molecule has 0 fully saturated rings. The molecular weight excluding hydrogens is 793 g/mol. The van der Waals surface area contributed by atoms with Crippen molar-refractivity contribution in [1.29, 1.82) is 0 Å². The van der Waals surface area contributed by atoms with Gasteiger partial charge in [0.25, 0.3) is 0 Å². The number of fused-ring (bicyclic) bond motifs is 4. The zero-order valence-electron chi connectivity index (χ0n) is 40.4. The van der Waals surface area contributed by atoms with Crippen LogP contribution in [0.25, 0.3) is 0 Å². The smallest absolute Gasteiger partial charge is 0.122 e. The van der Waals surface area contributed by atoms with E-state index in [1.807, 2.05) is 0 Å². The van der Waals surface area contributed by atoms with Crippen molar-refractivity contribution in [1.82, 2.24) is 21.3 Å². The van der Waals surface area contributed by atoms with Crippen LogP contribution < -0.4 is 40.2 Å². The van der Waals surface area contributed by atoms with Gasteiger partial charge >= 0.3 is 0 Å². The van der Waals surface area contributed by atoms with E-state index in [4.69, 9.17) is 18.9 Å². The molecule has 8 rings (SSSR count). The molecule has 4 atom stereocenters. The average molecular weight is 871 g/mol. The van der Waals surface area contributed by atoms with Gasteiger partial charge in [0.2, 0.25) is 0 Å². The Bertz CT molecular complexity index is 1910. The molecule has 4 aromatic carbocycles. The molecule has 0 aliphatic carbocycles. The van der Waals surface area contributed by atoms with Gasteiger partial charge in [-0.25, -0.2) is 0 Å². The number of ether oxygens (including phenoxy) is 4. The Hall–Kier alpha value is -4.08. The molecule has 0 bridgehead atoms. The summed E-state index contributed by atoms with van der Waals surface area (Å²) in [6.45, 7) is 12.9. The first kappa shape index (κ1) is 46.4. The fourth-order valence-corrected chi connectivity index (χ4v) is 12.0. The second-order valence-electron chi connectivity index (χ2n) is 19.7. The zero-order valence-corrected chi connectivity index (χ0v) is 40.4. The minimum Gasteiger partial charge on any atom is -0.496 e. The van der Waals surface area contributed by atoms with Gasteiger partial charge in [-0.3, -0.25) is 0 Å². The van der Waals surface area contributed by atoms with E-state index in [0.717, 1.165) is 101 Å². The molecule has 4 N–H and O–H groups in total. The first-order valence-corrected chi connectivity index (χ1v) is 24.8. The number of rotatable bonds is 19. The van der Waals surface area contributed by atoms with Crippen molar-refractivity contribution in [2.45, 2.75) is 142 Å². The van der Waals surface area contributed by atoms with E-state index >= 15 is 0 Å². The molecule has 4 unspecified atom stereocenters. The van der Waals surface area contributed by atoms with Gasteiger partial charge in [-0.15, -0.1) is 0 Å². The number of hydrogen-bond acceptors (Lipinski definition) is 8. The van der Waals surface area contributed by atoms with E-state index in [1.165, 1.54) is 105 Å². The monoisotopic (exact) mass is 871 g/mol. The summed E-state index contributed by atoms with van der Waals surface area (Å²) in [6.07, 6.45) is 16.3. The molecule has 4 aliphatic heterocycles. The summed E-state index contributed by atoms with van der Waals surface area (Å²) in [7, 11) is 7.20. The summed E-state index contributed by atoms with van der Waals surface area (Å²) >= 11 is 0. The van der Waals surface area contributed by atoms with Gasteiger partial charge in [-0.05, 0) is 234 Å². The summed E-state index contributed by atoms with van der Waals surface area (Å²) in [5.74, 6) is 5.35. The molecule has 4 heterocycles. The van der Waals surface area contributed by atoms with Crippen molar-refractivity contribution in [2.24, 2.45) is 11.8 Å². The van der Waals surface area contributed by atoms with Crippen LogP contribution in [0.2, 0.25) is 0 Å². The molecule has 8 nitrogen and oxygen atoms in total. The Morgan fingerprint density at radius 3 is 0.828 bits per heavy atom. The van der Waals surface area contributed by atoms with Crippen molar-refractivity contribution >= 4 is 0 Å². The van der Waals surface area contributed by atoms with E-state index in [-0.39, 0.29) is 0 Å². The fourth-order valence-electron chi connectivity index (χ4n) is 12.0. The van der Waals surface area contributed by atoms with Crippen LogP contribution in [-0.4, -0.2) is 54.6 Å². The third-order valence-corrected chi connectivity index (χ3v) is 15.7. The summed E-state index contributed by atoms with van der Waals surface area (Å²) < 4.78 is 23.1. The van der Waals surface area contributed by atoms with Gasteiger partial charge in [0.05, 0.1) is 28.4 Å². The minimum absolute atomic E-state index is 0.384. The van der Waals surface area contributed by atoms with Crippen molar-refractivity contribution in [3.63, 3.8) is 0 Å². The normalized spacial score (nSPS) is 21.2. The van der Waals surface area contributed by atoms with Gasteiger partial charge in [0, 0.05) is 24.2 Å². The standard InChI is InChI=1S/C56H78N4O4/c1-35-27-45-41(31-53(35)61-5)19-23-57-49(45)15-11-39(12-16-50-46-28-36(2)54(62-6)32-42(46)20-24-58-50)9-10-40(13-17-51-47-29-37(3)55(63-7)33-43(47)21-25-59-51)14-18-52-48-30-38(4)56(64-8)34-44(48)22-26-60-52/h27-34,39-40,49-52,57-60H,9-26H2,1-8H3. The maximum absolute atomic E-state index is 5.76. The summed E-state index contributed by atoms with van der Waals surface area (Å²) in [4.78, 5) is 0. The summed E-state index contributed by atoms with van der Waals surface area (Å²) in [5.41, 5.74) is 16.7. The number of methoxy groups -OCH3 is 4. The maximum atomic E-state index is 5.76. The van der Waals surface area contributed by atoms with Crippen LogP contribution in [0.1, 0.15) is 155 Å². The quantitative estimate of drug-likeness (QED) is 0.0742. The van der Waals surface area contributed by atoms with Crippen LogP contribution in [0.5, 0.6) is 23.0 Å². The molecule has 0 saturated carbocycles. The Balaban J connectivity index is 1.02. The molecule has 0 spiro atoms. The van der Waals surface area contributed by atoms with Gasteiger partial charge < -0.3 is 40.2 Å².